The lowest BCUT2D eigenvalue weighted by atomic mass is 10.1. The van der Waals surface area contributed by atoms with E-state index in [1.807, 2.05) is 18.2 Å². The molecule has 1 saturated carbocycles. The minimum atomic E-state index is 0.213. The Bertz CT molecular complexity index is 556. The Morgan fingerprint density at radius 1 is 1.31 bits per heavy atom. The summed E-state index contributed by atoms with van der Waals surface area (Å²) in [5, 5.41) is 1.94. The Kier molecular flexibility index (Phi) is 1.92. The highest BCUT2D eigenvalue weighted by molar-refractivity contribution is 6.31. The SMILES string of the molecule is CC1(C)[C@@H](N)[C@@H]1c1cc2cc(Cl)ccc2[nH]1. The third-order valence-corrected chi connectivity index (χ3v) is 4.08. The average Bonchev–Trinajstić information content (AvgIpc) is 2.60. The van der Waals surface area contributed by atoms with E-state index in [1.165, 1.54) is 5.69 Å². The van der Waals surface area contributed by atoms with Crippen molar-refractivity contribution in [3.05, 3.63) is 35.0 Å². The maximum atomic E-state index is 6.08. The third-order valence-electron chi connectivity index (χ3n) is 3.85. The number of benzene rings is 1. The van der Waals surface area contributed by atoms with Crippen LogP contribution < -0.4 is 5.73 Å². The molecule has 0 bridgehead atoms. The van der Waals surface area contributed by atoms with E-state index in [1.54, 1.807) is 0 Å². The van der Waals surface area contributed by atoms with Gasteiger partial charge in [-0.3, -0.25) is 0 Å². The number of halogens is 1. The molecule has 1 aromatic carbocycles. The molecule has 1 aliphatic carbocycles. The van der Waals surface area contributed by atoms with Gasteiger partial charge in [-0.2, -0.15) is 0 Å². The molecular formula is C13H15ClN2. The standard InChI is InChI=1S/C13H15ClN2/c1-13(2)11(12(13)15)10-6-7-5-8(14)3-4-9(7)16-10/h3-6,11-12,16H,15H2,1-2H3/t11-,12-/m0/s1. The van der Waals surface area contributed by atoms with Crippen molar-refractivity contribution in [1.82, 2.24) is 4.98 Å². The first-order valence-corrected chi connectivity index (χ1v) is 5.92. The molecule has 0 saturated heterocycles. The van der Waals surface area contributed by atoms with Crippen molar-refractivity contribution in [2.24, 2.45) is 11.1 Å². The molecule has 2 aromatic rings. The van der Waals surface area contributed by atoms with Crippen molar-refractivity contribution in [3.63, 3.8) is 0 Å². The fourth-order valence-corrected chi connectivity index (χ4v) is 2.75. The number of H-pyrrole nitrogens is 1. The average molecular weight is 235 g/mol. The van der Waals surface area contributed by atoms with Crippen molar-refractivity contribution in [2.75, 3.05) is 0 Å². The van der Waals surface area contributed by atoms with Gasteiger partial charge in [0.05, 0.1) is 0 Å². The molecule has 0 spiro atoms. The lowest BCUT2D eigenvalue weighted by Crippen LogP contribution is -2.06. The number of rotatable bonds is 1. The molecule has 16 heavy (non-hydrogen) atoms. The van der Waals surface area contributed by atoms with Gasteiger partial charge in [0, 0.05) is 33.6 Å². The van der Waals surface area contributed by atoms with Crippen molar-refractivity contribution in [3.8, 4) is 0 Å². The molecule has 2 nitrogen and oxygen atoms in total. The zero-order valence-electron chi connectivity index (χ0n) is 9.42. The third kappa shape index (κ3) is 1.30. The van der Waals surface area contributed by atoms with E-state index in [4.69, 9.17) is 17.3 Å². The van der Waals surface area contributed by atoms with Crippen LogP contribution in [-0.2, 0) is 0 Å². The van der Waals surface area contributed by atoms with Gasteiger partial charge < -0.3 is 10.7 Å². The number of aromatic amines is 1. The van der Waals surface area contributed by atoms with Gasteiger partial charge in [0.25, 0.3) is 0 Å². The lowest BCUT2D eigenvalue weighted by molar-refractivity contribution is 0.596. The molecule has 0 unspecified atom stereocenters. The van der Waals surface area contributed by atoms with Crippen molar-refractivity contribution in [1.29, 1.82) is 0 Å². The zero-order chi connectivity index (χ0) is 11.5. The second-order valence-electron chi connectivity index (χ2n) is 5.28. The van der Waals surface area contributed by atoms with Crippen molar-refractivity contribution in [2.45, 2.75) is 25.8 Å². The quantitative estimate of drug-likeness (QED) is 0.781. The van der Waals surface area contributed by atoms with E-state index in [2.05, 4.69) is 24.9 Å². The van der Waals surface area contributed by atoms with Gasteiger partial charge in [0.2, 0.25) is 0 Å². The number of nitrogens with two attached hydrogens (primary N) is 1. The van der Waals surface area contributed by atoms with Gasteiger partial charge >= 0.3 is 0 Å². The second-order valence-corrected chi connectivity index (χ2v) is 5.72. The first-order valence-electron chi connectivity index (χ1n) is 5.54. The summed E-state index contributed by atoms with van der Waals surface area (Å²) >= 11 is 5.97. The minimum Gasteiger partial charge on any atom is -0.358 e. The second kappa shape index (κ2) is 3.02. The number of aromatic nitrogens is 1. The number of fused-ring (bicyclic) bond motifs is 1. The molecule has 1 heterocycles. The molecule has 3 N–H and O–H groups in total. The van der Waals surface area contributed by atoms with Crippen LogP contribution in [0, 0.1) is 5.41 Å². The van der Waals surface area contributed by atoms with Crippen LogP contribution in [0.5, 0.6) is 0 Å². The maximum absolute atomic E-state index is 6.08. The molecular weight excluding hydrogens is 220 g/mol. The molecule has 2 atom stereocenters. The van der Waals surface area contributed by atoms with Crippen LogP contribution in [0.15, 0.2) is 24.3 Å². The lowest BCUT2D eigenvalue weighted by Gasteiger charge is -1.98. The summed E-state index contributed by atoms with van der Waals surface area (Å²) in [6.07, 6.45) is 0. The molecule has 1 fully saturated rings. The zero-order valence-corrected chi connectivity index (χ0v) is 10.2. The Morgan fingerprint density at radius 3 is 2.62 bits per heavy atom. The van der Waals surface area contributed by atoms with Gasteiger partial charge in [-0.05, 0) is 29.7 Å². The van der Waals surface area contributed by atoms with Gasteiger partial charge in [0.15, 0.2) is 0 Å². The van der Waals surface area contributed by atoms with E-state index in [0.717, 1.165) is 15.9 Å². The summed E-state index contributed by atoms with van der Waals surface area (Å²) in [6, 6.07) is 8.33. The topological polar surface area (TPSA) is 41.8 Å². The van der Waals surface area contributed by atoms with Crippen LogP contribution in [0.1, 0.15) is 25.5 Å². The summed E-state index contributed by atoms with van der Waals surface area (Å²) < 4.78 is 0. The van der Waals surface area contributed by atoms with E-state index in [9.17, 15) is 0 Å². The predicted octanol–water partition coefficient (Wildman–Crippen LogP) is 3.27. The highest BCUT2D eigenvalue weighted by atomic mass is 35.5. The predicted molar refractivity (Wildman–Crippen MR) is 67.8 cm³/mol. The molecule has 84 valence electrons. The van der Waals surface area contributed by atoms with Crippen LogP contribution >= 0.6 is 11.6 Å². The summed E-state index contributed by atoms with van der Waals surface area (Å²) in [6.45, 7) is 4.42. The monoisotopic (exact) mass is 234 g/mol. The summed E-state index contributed by atoms with van der Waals surface area (Å²) in [5.74, 6) is 0.443. The molecule has 1 aliphatic rings. The van der Waals surface area contributed by atoms with Crippen LogP contribution in [-0.4, -0.2) is 11.0 Å². The molecule has 3 rings (SSSR count). The number of nitrogens with one attached hydrogen (secondary N) is 1. The van der Waals surface area contributed by atoms with Crippen LogP contribution in [0.3, 0.4) is 0 Å². The maximum Gasteiger partial charge on any atom is 0.0457 e. The molecule has 0 aliphatic heterocycles. The molecule has 0 radical (unpaired) electrons. The first-order chi connectivity index (χ1) is 7.50. The Morgan fingerprint density at radius 2 is 2.00 bits per heavy atom. The normalized spacial score (nSPS) is 27.2. The van der Waals surface area contributed by atoms with E-state index in [-0.39, 0.29) is 11.5 Å². The first kappa shape index (κ1) is 10.2. The fraction of sp³-hybridized carbons (Fsp3) is 0.385. The summed E-state index contributed by atoms with van der Waals surface area (Å²) in [4.78, 5) is 3.43. The van der Waals surface area contributed by atoms with Gasteiger partial charge in [0.1, 0.15) is 0 Å². The van der Waals surface area contributed by atoms with Gasteiger partial charge in [-0.15, -0.1) is 0 Å². The fourth-order valence-electron chi connectivity index (χ4n) is 2.57. The number of hydrogen-bond acceptors (Lipinski definition) is 1. The van der Waals surface area contributed by atoms with E-state index < -0.39 is 0 Å². The van der Waals surface area contributed by atoms with E-state index >= 15 is 0 Å². The molecule has 0 amide bonds. The van der Waals surface area contributed by atoms with Crippen molar-refractivity contribution < 1.29 is 0 Å². The largest absolute Gasteiger partial charge is 0.358 e. The van der Waals surface area contributed by atoms with Gasteiger partial charge in [-0.25, -0.2) is 0 Å². The number of hydrogen-bond donors (Lipinski definition) is 2. The van der Waals surface area contributed by atoms with Crippen LogP contribution in [0.2, 0.25) is 5.02 Å². The highest BCUT2D eigenvalue weighted by Gasteiger charge is 2.56. The summed E-state index contributed by atoms with van der Waals surface area (Å²) in [7, 11) is 0. The summed E-state index contributed by atoms with van der Waals surface area (Å²) in [5.41, 5.74) is 8.66. The van der Waals surface area contributed by atoms with Crippen LogP contribution in [0.25, 0.3) is 10.9 Å². The molecule has 3 heteroatoms. The van der Waals surface area contributed by atoms with Crippen molar-refractivity contribution >= 4 is 22.5 Å². The minimum absolute atomic E-state index is 0.213. The smallest absolute Gasteiger partial charge is 0.0457 e. The highest BCUT2D eigenvalue weighted by Crippen LogP contribution is 2.57. The Labute approximate surface area is 99.8 Å². The van der Waals surface area contributed by atoms with Gasteiger partial charge in [-0.1, -0.05) is 25.4 Å². The van der Waals surface area contributed by atoms with E-state index in [0.29, 0.717) is 5.92 Å². The Hall–Kier alpha value is -0.990. The van der Waals surface area contributed by atoms with Crippen LogP contribution in [0.4, 0.5) is 0 Å². The Balaban J connectivity index is 2.07. The molecule has 1 aromatic heterocycles.